The van der Waals surface area contributed by atoms with Crippen molar-refractivity contribution in [1.29, 1.82) is 0 Å². The van der Waals surface area contributed by atoms with E-state index in [1.54, 1.807) is 12.1 Å². The van der Waals surface area contributed by atoms with Crippen LogP contribution in [0.1, 0.15) is 25.3 Å². The number of hydrogen-bond donors (Lipinski definition) is 1. The summed E-state index contributed by atoms with van der Waals surface area (Å²) < 4.78 is 12.8. The van der Waals surface area contributed by atoms with Gasteiger partial charge in [0.1, 0.15) is 5.82 Å². The zero-order valence-corrected chi connectivity index (χ0v) is 11.0. The molecular formula is C14H18FN3O. The molecule has 2 N–H and O–H groups in total. The van der Waals surface area contributed by atoms with Gasteiger partial charge in [-0.05, 0) is 44.0 Å². The van der Waals surface area contributed by atoms with Crippen LogP contribution in [-0.4, -0.2) is 23.2 Å². The van der Waals surface area contributed by atoms with Crippen molar-refractivity contribution in [1.82, 2.24) is 5.01 Å². The molecule has 1 aromatic carbocycles. The summed E-state index contributed by atoms with van der Waals surface area (Å²) in [6.45, 7) is 2.83. The maximum Gasteiger partial charge on any atom is 0.251 e. The van der Waals surface area contributed by atoms with Crippen LogP contribution in [0.2, 0.25) is 0 Å². The maximum atomic E-state index is 12.8. The Morgan fingerprint density at radius 1 is 1.37 bits per heavy atom. The Morgan fingerprint density at radius 2 is 2.05 bits per heavy atom. The second-order valence-corrected chi connectivity index (χ2v) is 4.75. The first-order valence-electron chi connectivity index (χ1n) is 6.43. The van der Waals surface area contributed by atoms with Gasteiger partial charge < -0.3 is 5.73 Å². The quantitative estimate of drug-likeness (QED) is 0.882. The predicted molar refractivity (Wildman–Crippen MR) is 71.8 cm³/mol. The highest BCUT2D eigenvalue weighted by Gasteiger charge is 2.32. The highest BCUT2D eigenvalue weighted by molar-refractivity contribution is 6.06. The summed E-state index contributed by atoms with van der Waals surface area (Å²) in [5.41, 5.74) is 7.17. The standard InChI is InChI=1S/C14H18FN3O/c1-10-13(3-2-8-16)14(19)18(17-10)9-11-4-6-12(15)7-5-11/h4-7,13H,2-3,8-9,16H2,1H3. The average molecular weight is 263 g/mol. The van der Waals surface area contributed by atoms with Crippen LogP contribution in [0.25, 0.3) is 0 Å². The summed E-state index contributed by atoms with van der Waals surface area (Å²) in [6, 6.07) is 6.11. The van der Waals surface area contributed by atoms with Crippen molar-refractivity contribution in [2.45, 2.75) is 26.3 Å². The summed E-state index contributed by atoms with van der Waals surface area (Å²) in [6.07, 6.45) is 1.55. The SMILES string of the molecule is CC1=NN(Cc2ccc(F)cc2)C(=O)C1CCCN. The third kappa shape index (κ3) is 3.17. The number of halogens is 1. The molecule has 5 heteroatoms. The van der Waals surface area contributed by atoms with E-state index in [0.29, 0.717) is 13.1 Å². The van der Waals surface area contributed by atoms with Gasteiger partial charge >= 0.3 is 0 Å². The van der Waals surface area contributed by atoms with Gasteiger partial charge in [0, 0.05) is 5.71 Å². The summed E-state index contributed by atoms with van der Waals surface area (Å²) in [5, 5.41) is 5.75. The van der Waals surface area contributed by atoms with Gasteiger partial charge in [-0.2, -0.15) is 5.10 Å². The van der Waals surface area contributed by atoms with E-state index < -0.39 is 0 Å². The van der Waals surface area contributed by atoms with Gasteiger partial charge in [0.05, 0.1) is 12.5 Å². The summed E-state index contributed by atoms with van der Waals surface area (Å²) in [4.78, 5) is 12.2. The average Bonchev–Trinajstić information content (AvgIpc) is 2.65. The van der Waals surface area contributed by atoms with Crippen molar-refractivity contribution in [3.63, 3.8) is 0 Å². The van der Waals surface area contributed by atoms with Gasteiger partial charge in [0.2, 0.25) is 0 Å². The molecule has 2 rings (SSSR count). The lowest BCUT2D eigenvalue weighted by Gasteiger charge is -2.14. The number of amides is 1. The molecule has 0 spiro atoms. The molecule has 19 heavy (non-hydrogen) atoms. The van der Waals surface area contributed by atoms with Crippen LogP contribution >= 0.6 is 0 Å². The first kappa shape index (κ1) is 13.7. The number of benzene rings is 1. The number of hydrogen-bond acceptors (Lipinski definition) is 3. The Bertz CT molecular complexity index is 484. The van der Waals surface area contributed by atoms with Crippen molar-refractivity contribution in [3.8, 4) is 0 Å². The predicted octanol–water partition coefficient (Wildman–Crippen LogP) is 1.90. The zero-order chi connectivity index (χ0) is 13.8. The fourth-order valence-corrected chi connectivity index (χ4v) is 2.20. The lowest BCUT2D eigenvalue weighted by atomic mass is 9.98. The number of nitrogens with two attached hydrogens (primary N) is 1. The van der Waals surface area contributed by atoms with E-state index in [9.17, 15) is 9.18 Å². The zero-order valence-electron chi connectivity index (χ0n) is 11.0. The molecule has 1 atom stereocenters. The summed E-state index contributed by atoms with van der Waals surface area (Å²) >= 11 is 0. The number of hydrazone groups is 1. The molecule has 0 fully saturated rings. The Kier molecular flexibility index (Phi) is 4.27. The van der Waals surface area contributed by atoms with Crippen LogP contribution in [-0.2, 0) is 11.3 Å². The van der Waals surface area contributed by atoms with Crippen molar-refractivity contribution in [2.24, 2.45) is 16.8 Å². The molecular weight excluding hydrogens is 245 g/mol. The molecule has 0 saturated heterocycles. The van der Waals surface area contributed by atoms with Crippen molar-refractivity contribution >= 4 is 11.6 Å². The Hall–Kier alpha value is -1.75. The molecule has 1 unspecified atom stereocenters. The molecule has 0 bridgehead atoms. The van der Waals surface area contributed by atoms with E-state index in [-0.39, 0.29) is 17.6 Å². The molecule has 0 saturated carbocycles. The van der Waals surface area contributed by atoms with Gasteiger partial charge in [-0.1, -0.05) is 12.1 Å². The molecule has 0 aromatic heterocycles. The van der Waals surface area contributed by atoms with Crippen LogP contribution in [0.5, 0.6) is 0 Å². The largest absolute Gasteiger partial charge is 0.330 e. The van der Waals surface area contributed by atoms with Gasteiger partial charge in [-0.15, -0.1) is 0 Å². The molecule has 4 nitrogen and oxygen atoms in total. The molecule has 1 aliphatic heterocycles. The lowest BCUT2D eigenvalue weighted by Crippen LogP contribution is -2.27. The molecule has 0 aliphatic carbocycles. The summed E-state index contributed by atoms with van der Waals surface area (Å²) in [5.74, 6) is -0.420. The Labute approximate surface area is 112 Å². The number of carbonyl (C=O) groups excluding carboxylic acids is 1. The Morgan fingerprint density at radius 3 is 2.68 bits per heavy atom. The van der Waals surface area contributed by atoms with Crippen LogP contribution in [0.3, 0.4) is 0 Å². The minimum Gasteiger partial charge on any atom is -0.330 e. The summed E-state index contributed by atoms with van der Waals surface area (Å²) in [7, 11) is 0. The lowest BCUT2D eigenvalue weighted by molar-refractivity contribution is -0.132. The smallest absolute Gasteiger partial charge is 0.251 e. The third-order valence-corrected chi connectivity index (χ3v) is 3.28. The minimum absolute atomic E-state index is 0.00951. The first-order valence-corrected chi connectivity index (χ1v) is 6.43. The van der Waals surface area contributed by atoms with E-state index in [0.717, 1.165) is 24.1 Å². The molecule has 0 radical (unpaired) electrons. The van der Waals surface area contributed by atoms with Crippen molar-refractivity contribution in [2.75, 3.05) is 6.54 Å². The van der Waals surface area contributed by atoms with E-state index >= 15 is 0 Å². The normalized spacial score (nSPS) is 18.9. The highest BCUT2D eigenvalue weighted by atomic mass is 19.1. The molecule has 1 aromatic rings. The van der Waals surface area contributed by atoms with Gasteiger partial charge in [-0.3, -0.25) is 4.79 Å². The Balaban J connectivity index is 2.02. The molecule has 1 heterocycles. The molecule has 1 aliphatic rings. The second-order valence-electron chi connectivity index (χ2n) is 4.75. The van der Waals surface area contributed by atoms with Gasteiger partial charge in [0.25, 0.3) is 5.91 Å². The second kappa shape index (κ2) is 5.93. The fourth-order valence-electron chi connectivity index (χ4n) is 2.20. The van der Waals surface area contributed by atoms with Gasteiger partial charge in [-0.25, -0.2) is 9.40 Å². The number of rotatable bonds is 5. The molecule has 1 amide bonds. The van der Waals surface area contributed by atoms with Crippen LogP contribution in [0.4, 0.5) is 4.39 Å². The molecule has 102 valence electrons. The monoisotopic (exact) mass is 263 g/mol. The van der Waals surface area contributed by atoms with Crippen molar-refractivity contribution < 1.29 is 9.18 Å². The third-order valence-electron chi connectivity index (χ3n) is 3.28. The fraction of sp³-hybridized carbons (Fsp3) is 0.429. The van der Waals surface area contributed by atoms with E-state index in [2.05, 4.69) is 5.10 Å². The van der Waals surface area contributed by atoms with Crippen LogP contribution < -0.4 is 5.73 Å². The van der Waals surface area contributed by atoms with Crippen LogP contribution in [0, 0.1) is 11.7 Å². The van der Waals surface area contributed by atoms with Crippen LogP contribution in [0.15, 0.2) is 29.4 Å². The van der Waals surface area contributed by atoms with E-state index in [1.165, 1.54) is 17.1 Å². The minimum atomic E-state index is -0.281. The van der Waals surface area contributed by atoms with E-state index in [4.69, 9.17) is 5.73 Å². The number of carbonyl (C=O) groups is 1. The maximum absolute atomic E-state index is 12.8. The topological polar surface area (TPSA) is 58.7 Å². The van der Waals surface area contributed by atoms with Crippen molar-refractivity contribution in [3.05, 3.63) is 35.6 Å². The number of nitrogens with zero attached hydrogens (tertiary/aromatic N) is 2. The van der Waals surface area contributed by atoms with Gasteiger partial charge in [0.15, 0.2) is 0 Å². The highest BCUT2D eigenvalue weighted by Crippen LogP contribution is 2.22. The van der Waals surface area contributed by atoms with E-state index in [1.807, 2.05) is 6.92 Å². The first-order chi connectivity index (χ1) is 9.11.